The fourth-order valence-corrected chi connectivity index (χ4v) is 3.64. The van der Waals surface area contributed by atoms with Gasteiger partial charge < -0.3 is 5.32 Å². The molecular formula is C17H27N. The molecular weight excluding hydrogens is 218 g/mol. The Morgan fingerprint density at radius 2 is 1.89 bits per heavy atom. The van der Waals surface area contributed by atoms with E-state index in [1.807, 2.05) is 0 Å². The van der Waals surface area contributed by atoms with E-state index in [-0.39, 0.29) is 0 Å². The molecule has 1 nitrogen and oxygen atoms in total. The first-order valence-corrected chi connectivity index (χ1v) is 7.59. The van der Waals surface area contributed by atoms with Crippen molar-refractivity contribution in [2.75, 3.05) is 7.05 Å². The Morgan fingerprint density at radius 1 is 1.17 bits per heavy atom. The van der Waals surface area contributed by atoms with Crippen LogP contribution in [0.2, 0.25) is 0 Å². The van der Waals surface area contributed by atoms with Crippen LogP contribution in [0.5, 0.6) is 0 Å². The van der Waals surface area contributed by atoms with Crippen molar-refractivity contribution >= 4 is 0 Å². The molecule has 0 amide bonds. The molecule has 0 saturated heterocycles. The average Bonchev–Trinajstić information content (AvgIpc) is 2.46. The van der Waals surface area contributed by atoms with Crippen molar-refractivity contribution in [1.82, 2.24) is 5.32 Å². The van der Waals surface area contributed by atoms with Gasteiger partial charge >= 0.3 is 0 Å². The summed E-state index contributed by atoms with van der Waals surface area (Å²) in [4.78, 5) is 0. The van der Waals surface area contributed by atoms with Gasteiger partial charge in [0.1, 0.15) is 0 Å². The SMILES string of the molecule is CCCC(NC)C1CCCCC1c1ccccc1. The molecule has 0 spiro atoms. The fraction of sp³-hybridized carbons (Fsp3) is 0.647. The number of nitrogens with one attached hydrogen (secondary N) is 1. The van der Waals surface area contributed by atoms with Crippen molar-refractivity contribution in [1.29, 1.82) is 0 Å². The van der Waals surface area contributed by atoms with Crippen LogP contribution in [0.3, 0.4) is 0 Å². The van der Waals surface area contributed by atoms with Gasteiger partial charge in [-0.1, -0.05) is 56.5 Å². The van der Waals surface area contributed by atoms with Crippen LogP contribution in [0.25, 0.3) is 0 Å². The minimum Gasteiger partial charge on any atom is -0.317 e. The number of hydrogen-bond acceptors (Lipinski definition) is 1. The van der Waals surface area contributed by atoms with Gasteiger partial charge in [0.05, 0.1) is 0 Å². The maximum atomic E-state index is 3.57. The van der Waals surface area contributed by atoms with E-state index in [1.165, 1.54) is 38.5 Å². The molecule has 1 N–H and O–H groups in total. The molecule has 1 saturated carbocycles. The largest absolute Gasteiger partial charge is 0.317 e. The van der Waals surface area contributed by atoms with E-state index in [2.05, 4.69) is 49.6 Å². The summed E-state index contributed by atoms with van der Waals surface area (Å²) in [6.45, 7) is 2.30. The van der Waals surface area contributed by atoms with Crippen molar-refractivity contribution < 1.29 is 0 Å². The van der Waals surface area contributed by atoms with Gasteiger partial charge in [-0.2, -0.15) is 0 Å². The molecule has 1 aliphatic carbocycles. The van der Waals surface area contributed by atoms with Gasteiger partial charge in [-0.05, 0) is 43.7 Å². The smallest absolute Gasteiger partial charge is 0.00980 e. The molecule has 1 heteroatoms. The van der Waals surface area contributed by atoms with Gasteiger partial charge in [-0.3, -0.25) is 0 Å². The van der Waals surface area contributed by atoms with Crippen molar-refractivity contribution in [2.45, 2.75) is 57.4 Å². The van der Waals surface area contributed by atoms with E-state index in [0.717, 1.165) is 11.8 Å². The second kappa shape index (κ2) is 6.94. The Balaban J connectivity index is 2.15. The van der Waals surface area contributed by atoms with Gasteiger partial charge in [0, 0.05) is 6.04 Å². The quantitative estimate of drug-likeness (QED) is 0.813. The van der Waals surface area contributed by atoms with Gasteiger partial charge in [-0.15, -0.1) is 0 Å². The van der Waals surface area contributed by atoms with Gasteiger partial charge in [0.25, 0.3) is 0 Å². The molecule has 0 heterocycles. The lowest BCUT2D eigenvalue weighted by Crippen LogP contribution is -2.38. The number of benzene rings is 1. The van der Waals surface area contributed by atoms with Crippen LogP contribution >= 0.6 is 0 Å². The number of rotatable bonds is 5. The highest BCUT2D eigenvalue weighted by Gasteiger charge is 2.31. The van der Waals surface area contributed by atoms with Crippen LogP contribution in [0.15, 0.2) is 30.3 Å². The zero-order chi connectivity index (χ0) is 12.8. The van der Waals surface area contributed by atoms with Crippen LogP contribution in [-0.4, -0.2) is 13.1 Å². The lowest BCUT2D eigenvalue weighted by Gasteiger charge is -2.37. The van der Waals surface area contributed by atoms with Crippen LogP contribution in [0, 0.1) is 5.92 Å². The van der Waals surface area contributed by atoms with E-state index in [4.69, 9.17) is 0 Å². The van der Waals surface area contributed by atoms with Crippen LogP contribution in [0.4, 0.5) is 0 Å². The van der Waals surface area contributed by atoms with E-state index in [0.29, 0.717) is 6.04 Å². The van der Waals surface area contributed by atoms with Gasteiger partial charge in [-0.25, -0.2) is 0 Å². The summed E-state index contributed by atoms with van der Waals surface area (Å²) >= 11 is 0. The summed E-state index contributed by atoms with van der Waals surface area (Å²) in [6, 6.07) is 11.8. The Kier molecular flexibility index (Phi) is 5.25. The highest BCUT2D eigenvalue weighted by Crippen LogP contribution is 2.40. The van der Waals surface area contributed by atoms with E-state index in [1.54, 1.807) is 5.56 Å². The third-order valence-electron chi connectivity index (χ3n) is 4.53. The summed E-state index contributed by atoms with van der Waals surface area (Å²) in [7, 11) is 2.14. The standard InChI is InChI=1S/C17H27N/c1-3-9-17(18-2)16-13-8-7-12-15(16)14-10-5-4-6-11-14/h4-6,10-11,15-18H,3,7-9,12-13H2,1-2H3. The first kappa shape index (κ1) is 13.6. The van der Waals surface area contributed by atoms with E-state index >= 15 is 0 Å². The molecule has 1 aliphatic rings. The first-order valence-electron chi connectivity index (χ1n) is 7.59. The Hall–Kier alpha value is -0.820. The highest BCUT2D eigenvalue weighted by atomic mass is 14.9. The molecule has 18 heavy (non-hydrogen) atoms. The molecule has 0 bridgehead atoms. The zero-order valence-corrected chi connectivity index (χ0v) is 11.9. The van der Waals surface area contributed by atoms with Crippen LogP contribution in [0.1, 0.15) is 56.9 Å². The lowest BCUT2D eigenvalue weighted by atomic mass is 9.71. The van der Waals surface area contributed by atoms with Gasteiger partial charge in [0.15, 0.2) is 0 Å². The minimum atomic E-state index is 0.695. The monoisotopic (exact) mass is 245 g/mol. The van der Waals surface area contributed by atoms with Crippen LogP contribution < -0.4 is 5.32 Å². The predicted octanol–water partition coefficient (Wildman–Crippen LogP) is 4.35. The second-order valence-electron chi connectivity index (χ2n) is 5.65. The molecule has 0 radical (unpaired) electrons. The molecule has 0 aromatic heterocycles. The van der Waals surface area contributed by atoms with Crippen molar-refractivity contribution in [3.63, 3.8) is 0 Å². The molecule has 100 valence electrons. The second-order valence-corrected chi connectivity index (χ2v) is 5.65. The van der Waals surface area contributed by atoms with Crippen molar-refractivity contribution in [3.8, 4) is 0 Å². The molecule has 1 aromatic carbocycles. The Labute approximate surface area is 112 Å². The third-order valence-corrected chi connectivity index (χ3v) is 4.53. The summed E-state index contributed by atoms with van der Waals surface area (Å²) < 4.78 is 0. The van der Waals surface area contributed by atoms with Crippen LogP contribution in [-0.2, 0) is 0 Å². The summed E-state index contributed by atoms with van der Waals surface area (Å²) in [5.74, 6) is 1.59. The number of hydrogen-bond donors (Lipinski definition) is 1. The Bertz CT molecular complexity index is 333. The molecule has 1 aromatic rings. The fourth-order valence-electron chi connectivity index (χ4n) is 3.64. The first-order chi connectivity index (χ1) is 8.86. The minimum absolute atomic E-state index is 0.695. The maximum absolute atomic E-state index is 3.57. The predicted molar refractivity (Wildman–Crippen MR) is 78.9 cm³/mol. The normalized spacial score (nSPS) is 25.9. The highest BCUT2D eigenvalue weighted by molar-refractivity contribution is 5.21. The average molecular weight is 245 g/mol. The van der Waals surface area contributed by atoms with E-state index in [9.17, 15) is 0 Å². The topological polar surface area (TPSA) is 12.0 Å². The zero-order valence-electron chi connectivity index (χ0n) is 11.9. The van der Waals surface area contributed by atoms with Crippen molar-refractivity contribution in [3.05, 3.63) is 35.9 Å². The third kappa shape index (κ3) is 3.14. The molecule has 3 atom stereocenters. The van der Waals surface area contributed by atoms with Gasteiger partial charge in [0.2, 0.25) is 0 Å². The maximum Gasteiger partial charge on any atom is 0.00980 e. The molecule has 0 aliphatic heterocycles. The lowest BCUT2D eigenvalue weighted by molar-refractivity contribution is 0.230. The summed E-state index contributed by atoms with van der Waals surface area (Å²) in [5.41, 5.74) is 1.55. The van der Waals surface area contributed by atoms with Crippen molar-refractivity contribution in [2.24, 2.45) is 5.92 Å². The summed E-state index contributed by atoms with van der Waals surface area (Å²) in [5, 5.41) is 3.57. The summed E-state index contributed by atoms with van der Waals surface area (Å²) in [6.07, 6.45) is 8.17. The van der Waals surface area contributed by atoms with E-state index < -0.39 is 0 Å². The Morgan fingerprint density at radius 3 is 2.56 bits per heavy atom. The molecule has 2 rings (SSSR count). The molecule has 1 fully saturated rings. The molecule has 3 unspecified atom stereocenters.